The number of phosphoric acid groups is 1. The molecular weight excluding hydrogens is 596 g/mol. The molecule has 1 aliphatic heterocycles. The summed E-state index contributed by atoms with van der Waals surface area (Å²) in [6.45, 7) is 1.85. The van der Waals surface area contributed by atoms with Gasteiger partial charge >= 0.3 is 7.82 Å². The van der Waals surface area contributed by atoms with Gasteiger partial charge < -0.3 is 29.9 Å². The number of methoxy groups -OCH3 is 1. The lowest BCUT2D eigenvalue weighted by molar-refractivity contribution is -0.116. The maximum atomic E-state index is 13.4. The van der Waals surface area contributed by atoms with Gasteiger partial charge in [0.1, 0.15) is 24.5 Å². The van der Waals surface area contributed by atoms with Gasteiger partial charge in [-0.2, -0.15) is 5.10 Å². The quantitative estimate of drug-likeness (QED) is 0.118. The lowest BCUT2D eigenvalue weighted by Crippen LogP contribution is -2.34. The van der Waals surface area contributed by atoms with E-state index in [1.54, 1.807) is 37.7 Å². The summed E-state index contributed by atoms with van der Waals surface area (Å²) in [5, 5.41) is 10.7. The highest BCUT2D eigenvalue weighted by Crippen LogP contribution is 2.37. The number of hydrogen-bond donors (Lipinski definition) is 4. The number of fused-ring (bicyclic) bond motifs is 1. The lowest BCUT2D eigenvalue weighted by atomic mass is 10.2. The molecule has 5 rings (SSSR count). The number of anilines is 3. The number of halogens is 1. The molecule has 4 aromatic rings. The van der Waals surface area contributed by atoms with E-state index in [-0.39, 0.29) is 25.1 Å². The van der Waals surface area contributed by atoms with Crippen LogP contribution in [0.3, 0.4) is 0 Å². The van der Waals surface area contributed by atoms with Gasteiger partial charge in [0, 0.05) is 35.9 Å². The van der Waals surface area contributed by atoms with Crippen LogP contribution < -0.4 is 20.1 Å². The Morgan fingerprint density at radius 3 is 2.84 bits per heavy atom. The van der Waals surface area contributed by atoms with Gasteiger partial charge in [-0.25, -0.2) is 18.9 Å². The summed E-state index contributed by atoms with van der Waals surface area (Å²) >= 11 is 0. The number of benzene rings is 2. The van der Waals surface area contributed by atoms with Crippen molar-refractivity contribution >= 4 is 41.8 Å². The van der Waals surface area contributed by atoms with E-state index in [0.29, 0.717) is 59.2 Å². The molecular formula is C28H33FN7O7P. The molecule has 1 aliphatic rings. The largest absolute Gasteiger partial charge is 0.493 e. The molecule has 0 unspecified atom stereocenters. The molecule has 1 amide bonds. The van der Waals surface area contributed by atoms with Crippen molar-refractivity contribution in [1.82, 2.24) is 24.6 Å². The zero-order valence-corrected chi connectivity index (χ0v) is 24.8. The maximum absolute atomic E-state index is 13.4. The molecule has 4 N–H and O–H groups in total. The fraction of sp³-hybridized carbons (Fsp3) is 0.357. The molecule has 234 valence electrons. The Morgan fingerprint density at radius 2 is 2.05 bits per heavy atom. The van der Waals surface area contributed by atoms with Crippen LogP contribution in [0.4, 0.5) is 21.6 Å². The third-order valence-corrected chi connectivity index (χ3v) is 7.50. The van der Waals surface area contributed by atoms with Crippen LogP contribution in [0.5, 0.6) is 11.5 Å². The van der Waals surface area contributed by atoms with Crippen LogP contribution in [-0.2, 0) is 20.4 Å². The van der Waals surface area contributed by atoms with Crippen LogP contribution in [0.25, 0.3) is 10.9 Å². The number of amides is 1. The molecule has 0 spiro atoms. The molecule has 1 atom stereocenters. The van der Waals surface area contributed by atoms with E-state index in [1.165, 1.54) is 29.2 Å². The summed E-state index contributed by atoms with van der Waals surface area (Å²) in [6, 6.07) is 9.16. The minimum atomic E-state index is -4.49. The molecule has 44 heavy (non-hydrogen) atoms. The van der Waals surface area contributed by atoms with Crippen LogP contribution >= 0.6 is 7.82 Å². The van der Waals surface area contributed by atoms with Gasteiger partial charge in [0.2, 0.25) is 5.91 Å². The van der Waals surface area contributed by atoms with Gasteiger partial charge in [0.05, 0.1) is 37.7 Å². The Balaban J connectivity index is 1.18. The molecule has 0 bridgehead atoms. The molecule has 2 aromatic carbocycles. The summed E-state index contributed by atoms with van der Waals surface area (Å²) < 4.78 is 42.2. The zero-order chi connectivity index (χ0) is 31.1. The number of phosphoric ester groups is 1. The number of likely N-dealkylation sites (tertiary alicyclic amines) is 1. The molecule has 1 saturated heterocycles. The number of carbonyl (C=O) groups is 1. The topological polar surface area (TPSA) is 173 Å². The number of hydrogen-bond acceptors (Lipinski definition) is 10. The summed E-state index contributed by atoms with van der Waals surface area (Å²) in [6.07, 6.45) is 7.08. The van der Waals surface area contributed by atoms with E-state index in [1.807, 2.05) is 0 Å². The Hall–Kier alpha value is -4.14. The van der Waals surface area contributed by atoms with Crippen LogP contribution in [0, 0.1) is 5.82 Å². The Bertz CT molecular complexity index is 1650. The predicted octanol–water partition coefficient (Wildman–Crippen LogP) is 3.70. The number of nitrogens with one attached hydrogen (secondary N) is 2. The van der Waals surface area contributed by atoms with Crippen LogP contribution in [0.2, 0.25) is 0 Å². The first-order valence-corrected chi connectivity index (χ1v) is 15.4. The van der Waals surface area contributed by atoms with E-state index in [4.69, 9.17) is 23.8 Å². The van der Waals surface area contributed by atoms with Crippen LogP contribution in [0.15, 0.2) is 55.1 Å². The number of ether oxygens (including phenoxy) is 2. The van der Waals surface area contributed by atoms with Crippen LogP contribution in [0.1, 0.15) is 19.3 Å². The Morgan fingerprint density at radius 1 is 1.18 bits per heavy atom. The maximum Gasteiger partial charge on any atom is 0.469 e. The lowest BCUT2D eigenvalue weighted by Gasteiger charge is -2.24. The third-order valence-electron chi connectivity index (χ3n) is 7.01. The minimum absolute atomic E-state index is 0.00755. The fourth-order valence-corrected chi connectivity index (χ4v) is 5.38. The minimum Gasteiger partial charge on any atom is -0.493 e. The van der Waals surface area contributed by atoms with Crippen molar-refractivity contribution in [2.75, 3.05) is 44.0 Å². The van der Waals surface area contributed by atoms with Gasteiger partial charge in [-0.05, 0) is 50.1 Å². The number of rotatable bonds is 14. The van der Waals surface area contributed by atoms with Crippen molar-refractivity contribution in [3.63, 3.8) is 0 Å². The van der Waals surface area contributed by atoms with Gasteiger partial charge in [-0.3, -0.25) is 18.9 Å². The highest BCUT2D eigenvalue weighted by Gasteiger charge is 2.27. The van der Waals surface area contributed by atoms with E-state index >= 15 is 0 Å². The van der Waals surface area contributed by atoms with E-state index < -0.39 is 13.6 Å². The van der Waals surface area contributed by atoms with Crippen molar-refractivity contribution in [1.29, 1.82) is 0 Å². The highest BCUT2D eigenvalue weighted by molar-refractivity contribution is 7.46. The first-order chi connectivity index (χ1) is 21.2. The van der Waals surface area contributed by atoms with E-state index in [0.717, 1.165) is 19.4 Å². The average molecular weight is 630 g/mol. The summed E-state index contributed by atoms with van der Waals surface area (Å²) in [5.41, 5.74) is 1.57. The molecule has 0 saturated carbocycles. The standard InChI is InChI=1S/C28H33FN7O7P/c1-41-25-12-23-24(13-26(25)42-10-4-9-35-8-3-7-22(35)17-43-44(38,39)40)30-18-31-28(23)34-21-14-32-36(15-21)16-27(37)33-20-6-2-5-19(29)11-20/h2,5-6,11-15,18,22H,3-4,7-10,16-17H2,1H3,(H,33,37)(H,30,31,34)(H2,38,39,40)/t22-/m0/s1. The van der Waals surface area contributed by atoms with Gasteiger partial charge in [0.25, 0.3) is 0 Å². The third kappa shape index (κ3) is 8.49. The summed E-state index contributed by atoms with van der Waals surface area (Å²) in [5.74, 6) is 0.715. The molecule has 3 heterocycles. The summed E-state index contributed by atoms with van der Waals surface area (Å²) in [4.78, 5) is 41.3. The monoisotopic (exact) mass is 629 g/mol. The van der Waals surface area contributed by atoms with E-state index in [9.17, 15) is 13.8 Å². The SMILES string of the molecule is COc1cc2c(Nc3cnn(CC(=O)Nc4cccc(F)c4)c3)ncnc2cc1OCCCN1CCC[C@H]1COP(=O)(O)O. The second-order valence-corrected chi connectivity index (χ2v) is 11.4. The molecule has 14 nitrogen and oxygen atoms in total. The van der Waals surface area contributed by atoms with Gasteiger partial charge in [0.15, 0.2) is 11.5 Å². The van der Waals surface area contributed by atoms with Crippen molar-refractivity contribution in [2.45, 2.75) is 31.8 Å². The van der Waals surface area contributed by atoms with Crippen molar-refractivity contribution in [3.05, 3.63) is 60.9 Å². The normalized spacial score (nSPS) is 15.4. The van der Waals surface area contributed by atoms with Crippen molar-refractivity contribution < 1.29 is 37.5 Å². The summed E-state index contributed by atoms with van der Waals surface area (Å²) in [7, 11) is -2.95. The molecule has 2 aromatic heterocycles. The van der Waals surface area contributed by atoms with Crippen molar-refractivity contribution in [3.8, 4) is 11.5 Å². The smallest absolute Gasteiger partial charge is 0.469 e. The highest BCUT2D eigenvalue weighted by atomic mass is 31.2. The molecule has 0 aliphatic carbocycles. The zero-order valence-electron chi connectivity index (χ0n) is 23.9. The first-order valence-electron chi connectivity index (χ1n) is 13.9. The number of carbonyl (C=O) groups excluding carboxylic acids is 1. The Kier molecular flexibility index (Phi) is 10.0. The fourth-order valence-electron chi connectivity index (χ4n) is 5.01. The second-order valence-electron chi connectivity index (χ2n) is 10.2. The first kappa shape index (κ1) is 31.3. The van der Waals surface area contributed by atoms with E-state index in [2.05, 4.69) is 30.6 Å². The van der Waals surface area contributed by atoms with Crippen LogP contribution in [-0.4, -0.2) is 79.8 Å². The van der Waals surface area contributed by atoms with Gasteiger partial charge in [-0.15, -0.1) is 0 Å². The average Bonchev–Trinajstić information content (AvgIpc) is 3.62. The number of aromatic nitrogens is 4. The van der Waals surface area contributed by atoms with Gasteiger partial charge in [-0.1, -0.05) is 6.07 Å². The van der Waals surface area contributed by atoms with Crippen molar-refractivity contribution in [2.24, 2.45) is 0 Å². The second kappa shape index (κ2) is 14.1. The molecule has 0 radical (unpaired) electrons. The Labute approximate surface area is 252 Å². The molecule has 16 heteroatoms. The molecule has 1 fully saturated rings. The number of nitrogens with zero attached hydrogens (tertiary/aromatic N) is 5. The predicted molar refractivity (Wildman–Crippen MR) is 159 cm³/mol.